The highest BCUT2D eigenvalue weighted by Crippen LogP contribution is 2.26. The molecule has 0 spiro atoms. The fourth-order valence-corrected chi connectivity index (χ4v) is 1.42. The van der Waals surface area contributed by atoms with Crippen molar-refractivity contribution in [1.82, 2.24) is 0 Å². The minimum atomic E-state index is -2.87. The highest BCUT2D eigenvalue weighted by atomic mass is 19.3. The molecule has 1 aromatic carbocycles. The number of ether oxygens (including phenoxy) is 2. The molecule has 3 nitrogen and oxygen atoms in total. The molecule has 17 heavy (non-hydrogen) atoms. The Morgan fingerprint density at radius 2 is 2.12 bits per heavy atom. The predicted molar refractivity (Wildman–Crippen MR) is 58.6 cm³/mol. The maximum Gasteiger partial charge on any atom is 0.387 e. The number of benzene rings is 1. The van der Waals surface area contributed by atoms with Crippen LogP contribution in [0.4, 0.5) is 8.78 Å². The second-order valence-electron chi connectivity index (χ2n) is 3.46. The van der Waals surface area contributed by atoms with Crippen LogP contribution in [0.15, 0.2) is 18.2 Å². The molecule has 0 aromatic heterocycles. The number of hydrogen-bond acceptors (Lipinski definition) is 3. The third-order valence-electron chi connectivity index (χ3n) is 2.00. The Hall–Kier alpha value is -1.65. The van der Waals surface area contributed by atoms with E-state index in [9.17, 15) is 13.6 Å². The van der Waals surface area contributed by atoms with E-state index in [4.69, 9.17) is 4.74 Å². The number of rotatable bonds is 6. The largest absolute Gasteiger partial charge is 0.493 e. The van der Waals surface area contributed by atoms with Gasteiger partial charge in [-0.2, -0.15) is 8.78 Å². The average Bonchev–Trinajstić information content (AvgIpc) is 2.21. The summed E-state index contributed by atoms with van der Waals surface area (Å²) in [4.78, 5) is 11.0. The minimum absolute atomic E-state index is 0.0199. The van der Waals surface area contributed by atoms with Gasteiger partial charge in [0.1, 0.15) is 17.3 Å². The number of Topliss-reactive ketones (excluding diaryl/α,β-unsaturated/α-hetero) is 1. The number of ketones is 1. The Balaban J connectivity index is 2.94. The van der Waals surface area contributed by atoms with Crippen molar-refractivity contribution in [3.63, 3.8) is 0 Å². The lowest BCUT2D eigenvalue weighted by molar-refractivity contribution is -0.116. The van der Waals surface area contributed by atoms with Gasteiger partial charge in [0.15, 0.2) is 0 Å². The van der Waals surface area contributed by atoms with E-state index < -0.39 is 6.61 Å². The Morgan fingerprint density at radius 3 is 2.65 bits per heavy atom. The van der Waals surface area contributed by atoms with Crippen molar-refractivity contribution in [2.75, 3.05) is 6.61 Å². The molecular formula is C12H14F2O3. The topological polar surface area (TPSA) is 35.5 Å². The smallest absolute Gasteiger partial charge is 0.387 e. The van der Waals surface area contributed by atoms with Crippen LogP contribution < -0.4 is 9.47 Å². The van der Waals surface area contributed by atoms with Crippen LogP contribution in [0, 0.1) is 0 Å². The zero-order valence-electron chi connectivity index (χ0n) is 9.70. The molecule has 1 aromatic rings. The van der Waals surface area contributed by atoms with Gasteiger partial charge in [-0.3, -0.25) is 4.79 Å². The standard InChI is InChI=1S/C12H14F2O3/c1-3-16-11-7-10(17-12(13)14)5-4-9(11)6-8(2)15/h4-5,7,12H,3,6H2,1-2H3. The zero-order valence-corrected chi connectivity index (χ0v) is 9.70. The number of halogens is 2. The van der Waals surface area contributed by atoms with Crippen LogP contribution in [0.1, 0.15) is 19.4 Å². The van der Waals surface area contributed by atoms with Gasteiger partial charge in [0.2, 0.25) is 0 Å². The molecule has 0 atom stereocenters. The average molecular weight is 244 g/mol. The van der Waals surface area contributed by atoms with Crippen LogP contribution in [0.25, 0.3) is 0 Å². The highest BCUT2D eigenvalue weighted by Gasteiger charge is 2.10. The first-order valence-corrected chi connectivity index (χ1v) is 5.23. The molecule has 0 amide bonds. The third kappa shape index (κ3) is 4.38. The predicted octanol–water partition coefficient (Wildman–Crippen LogP) is 2.82. The van der Waals surface area contributed by atoms with Gasteiger partial charge in [0, 0.05) is 18.1 Å². The van der Waals surface area contributed by atoms with E-state index in [1.54, 1.807) is 13.0 Å². The van der Waals surface area contributed by atoms with Crippen LogP contribution in [0.5, 0.6) is 11.5 Å². The Labute approximate surface area is 98.3 Å². The fraction of sp³-hybridized carbons (Fsp3) is 0.417. The van der Waals surface area contributed by atoms with Crippen LogP contribution in [0.2, 0.25) is 0 Å². The summed E-state index contributed by atoms with van der Waals surface area (Å²) in [6.45, 7) is 0.753. The van der Waals surface area contributed by atoms with E-state index in [0.717, 1.165) is 0 Å². The fourth-order valence-electron chi connectivity index (χ4n) is 1.42. The van der Waals surface area contributed by atoms with E-state index in [1.807, 2.05) is 0 Å². The lowest BCUT2D eigenvalue weighted by Crippen LogP contribution is -2.05. The summed E-state index contributed by atoms with van der Waals surface area (Å²) in [5.41, 5.74) is 0.668. The quantitative estimate of drug-likeness (QED) is 0.771. The van der Waals surface area contributed by atoms with Gasteiger partial charge >= 0.3 is 6.61 Å². The lowest BCUT2D eigenvalue weighted by Gasteiger charge is -2.11. The molecule has 5 heteroatoms. The molecule has 0 unspecified atom stereocenters. The summed E-state index contributed by atoms with van der Waals surface area (Å²) in [7, 11) is 0. The number of carbonyl (C=O) groups is 1. The van der Waals surface area contributed by atoms with Crippen molar-refractivity contribution in [2.24, 2.45) is 0 Å². The van der Waals surface area contributed by atoms with E-state index >= 15 is 0 Å². The van der Waals surface area contributed by atoms with Gasteiger partial charge < -0.3 is 9.47 Å². The maximum atomic E-state index is 12.0. The summed E-state index contributed by atoms with van der Waals surface area (Å²) in [5, 5.41) is 0. The first-order chi connectivity index (χ1) is 8.02. The third-order valence-corrected chi connectivity index (χ3v) is 2.00. The number of carbonyl (C=O) groups excluding carboxylic acids is 1. The van der Waals surface area contributed by atoms with Gasteiger partial charge in [0.05, 0.1) is 6.61 Å². The summed E-state index contributed by atoms with van der Waals surface area (Å²) in [6, 6.07) is 4.32. The Morgan fingerprint density at radius 1 is 1.41 bits per heavy atom. The number of hydrogen-bond donors (Lipinski definition) is 0. The summed E-state index contributed by atoms with van der Waals surface area (Å²) < 4.78 is 33.6. The summed E-state index contributed by atoms with van der Waals surface area (Å²) >= 11 is 0. The van der Waals surface area contributed by atoms with Gasteiger partial charge in [0.25, 0.3) is 0 Å². The molecule has 0 fully saturated rings. The van der Waals surface area contributed by atoms with Crippen molar-refractivity contribution in [2.45, 2.75) is 26.9 Å². The van der Waals surface area contributed by atoms with Crippen molar-refractivity contribution in [1.29, 1.82) is 0 Å². The van der Waals surface area contributed by atoms with Gasteiger partial charge in [-0.05, 0) is 19.9 Å². The SMILES string of the molecule is CCOc1cc(OC(F)F)ccc1CC(C)=O. The molecule has 0 radical (unpaired) electrons. The van der Waals surface area contributed by atoms with Gasteiger partial charge in [-0.15, -0.1) is 0 Å². The monoisotopic (exact) mass is 244 g/mol. The molecule has 1 rings (SSSR count). The van der Waals surface area contributed by atoms with Gasteiger partial charge in [-0.1, -0.05) is 6.07 Å². The van der Waals surface area contributed by atoms with E-state index in [0.29, 0.717) is 17.9 Å². The molecule has 94 valence electrons. The second-order valence-corrected chi connectivity index (χ2v) is 3.46. The molecule has 0 N–H and O–H groups in total. The van der Waals surface area contributed by atoms with Crippen LogP contribution in [-0.2, 0) is 11.2 Å². The van der Waals surface area contributed by atoms with E-state index in [1.165, 1.54) is 19.1 Å². The molecule has 0 saturated heterocycles. The first-order valence-electron chi connectivity index (χ1n) is 5.23. The molecule has 0 aliphatic rings. The maximum absolute atomic E-state index is 12.0. The normalized spacial score (nSPS) is 10.4. The Kier molecular flexibility index (Phi) is 4.87. The van der Waals surface area contributed by atoms with Gasteiger partial charge in [-0.25, -0.2) is 0 Å². The molecule has 0 aliphatic carbocycles. The van der Waals surface area contributed by atoms with Crippen molar-refractivity contribution in [3.05, 3.63) is 23.8 Å². The van der Waals surface area contributed by atoms with Crippen molar-refractivity contribution >= 4 is 5.78 Å². The number of alkyl halides is 2. The molecule has 0 saturated carbocycles. The van der Waals surface area contributed by atoms with E-state index in [-0.39, 0.29) is 18.0 Å². The Bertz CT molecular complexity index is 391. The first kappa shape index (κ1) is 13.4. The molecule has 0 aliphatic heterocycles. The minimum Gasteiger partial charge on any atom is -0.493 e. The van der Waals surface area contributed by atoms with Crippen molar-refractivity contribution in [3.8, 4) is 11.5 Å². The summed E-state index contributed by atoms with van der Waals surface area (Å²) in [5.74, 6) is 0.407. The van der Waals surface area contributed by atoms with E-state index in [2.05, 4.69) is 4.74 Å². The van der Waals surface area contributed by atoms with Crippen LogP contribution in [-0.4, -0.2) is 19.0 Å². The van der Waals surface area contributed by atoms with Crippen LogP contribution >= 0.6 is 0 Å². The molecule has 0 heterocycles. The summed E-state index contributed by atoms with van der Waals surface area (Å²) in [6.07, 6.45) is 0.213. The zero-order chi connectivity index (χ0) is 12.8. The van der Waals surface area contributed by atoms with Crippen LogP contribution in [0.3, 0.4) is 0 Å². The van der Waals surface area contributed by atoms with Crippen molar-refractivity contribution < 1.29 is 23.0 Å². The molecule has 0 bridgehead atoms. The highest BCUT2D eigenvalue weighted by molar-refractivity contribution is 5.79. The second kappa shape index (κ2) is 6.18. The molecular weight excluding hydrogens is 230 g/mol. The lowest BCUT2D eigenvalue weighted by atomic mass is 10.1.